The molecule has 7 nitrogen and oxygen atoms in total. The predicted octanol–water partition coefficient (Wildman–Crippen LogP) is 1.98. The van der Waals surface area contributed by atoms with Gasteiger partial charge in [0.05, 0.1) is 27.0 Å². The molecule has 2 aromatic carbocycles. The number of nitrogens with zero attached hydrogens (tertiary/aromatic N) is 1. The quantitative estimate of drug-likeness (QED) is 0.424. The standard InChI is InChI=1S/C20H21N3O4/c1-26-17-8-3-15(4-9-17)7-12-19(24)21-14-20(25)23-22-13-16-5-10-18(27-2)11-6-16/h3-13H,14H2,1-2H3,(H,21,24)(H,23,25)/b12-7+,22-13?. The molecule has 0 aliphatic carbocycles. The van der Waals surface area contributed by atoms with Gasteiger partial charge < -0.3 is 14.8 Å². The molecule has 2 N–H and O–H groups in total. The molecule has 27 heavy (non-hydrogen) atoms. The Morgan fingerprint density at radius 3 is 2.04 bits per heavy atom. The van der Waals surface area contributed by atoms with Gasteiger partial charge in [-0.2, -0.15) is 5.10 Å². The van der Waals surface area contributed by atoms with Gasteiger partial charge in [0.25, 0.3) is 5.91 Å². The van der Waals surface area contributed by atoms with Gasteiger partial charge in [0, 0.05) is 6.08 Å². The van der Waals surface area contributed by atoms with Crippen LogP contribution < -0.4 is 20.2 Å². The van der Waals surface area contributed by atoms with Crippen LogP contribution in [0.3, 0.4) is 0 Å². The second-order valence-corrected chi connectivity index (χ2v) is 5.39. The summed E-state index contributed by atoms with van der Waals surface area (Å²) in [7, 11) is 3.17. The molecule has 0 heterocycles. The molecule has 0 atom stereocenters. The molecule has 2 rings (SSSR count). The lowest BCUT2D eigenvalue weighted by molar-refractivity contribution is -0.123. The monoisotopic (exact) mass is 367 g/mol. The molecule has 0 aliphatic rings. The first kappa shape index (κ1) is 19.7. The molecule has 0 radical (unpaired) electrons. The van der Waals surface area contributed by atoms with Gasteiger partial charge in [-0.05, 0) is 53.6 Å². The van der Waals surface area contributed by atoms with E-state index >= 15 is 0 Å². The number of methoxy groups -OCH3 is 2. The Hall–Kier alpha value is -3.61. The van der Waals surface area contributed by atoms with E-state index in [9.17, 15) is 9.59 Å². The zero-order valence-corrected chi connectivity index (χ0v) is 15.1. The number of hydrogen-bond acceptors (Lipinski definition) is 5. The number of hydrazone groups is 1. The molecule has 0 aliphatic heterocycles. The SMILES string of the molecule is COc1ccc(C=NNC(=O)CNC(=O)/C=C/c2ccc(OC)cc2)cc1. The van der Waals surface area contributed by atoms with Gasteiger partial charge in [0.2, 0.25) is 5.91 Å². The molecule has 2 amide bonds. The second kappa shape index (κ2) is 10.4. The molecule has 7 heteroatoms. The lowest BCUT2D eigenvalue weighted by Crippen LogP contribution is -2.34. The van der Waals surface area contributed by atoms with Crippen molar-refractivity contribution in [3.8, 4) is 11.5 Å². The molecular formula is C20H21N3O4. The van der Waals surface area contributed by atoms with Crippen molar-refractivity contribution < 1.29 is 19.1 Å². The minimum absolute atomic E-state index is 0.175. The Bertz CT molecular complexity index is 812. The highest BCUT2D eigenvalue weighted by molar-refractivity contribution is 5.94. The van der Waals surface area contributed by atoms with Crippen molar-refractivity contribution in [1.82, 2.24) is 10.7 Å². The lowest BCUT2D eigenvalue weighted by atomic mass is 10.2. The van der Waals surface area contributed by atoms with Crippen LogP contribution in [0.5, 0.6) is 11.5 Å². The Morgan fingerprint density at radius 2 is 1.48 bits per heavy atom. The summed E-state index contributed by atoms with van der Waals surface area (Å²) in [6, 6.07) is 14.4. The van der Waals surface area contributed by atoms with E-state index in [1.807, 2.05) is 12.1 Å². The fourth-order valence-corrected chi connectivity index (χ4v) is 2.02. The van der Waals surface area contributed by atoms with Gasteiger partial charge >= 0.3 is 0 Å². The maximum absolute atomic E-state index is 11.7. The van der Waals surface area contributed by atoms with Gasteiger partial charge in [0.1, 0.15) is 11.5 Å². The van der Waals surface area contributed by atoms with Gasteiger partial charge in [-0.1, -0.05) is 12.1 Å². The summed E-state index contributed by atoms with van der Waals surface area (Å²) in [6.07, 6.45) is 4.51. The first-order chi connectivity index (χ1) is 13.1. The molecule has 0 spiro atoms. The van der Waals surface area contributed by atoms with Crippen LogP contribution in [0.25, 0.3) is 6.08 Å². The molecule has 0 saturated carbocycles. The largest absolute Gasteiger partial charge is 0.497 e. The highest BCUT2D eigenvalue weighted by Gasteiger charge is 2.01. The number of carbonyl (C=O) groups excluding carboxylic acids is 2. The number of benzene rings is 2. The summed E-state index contributed by atoms with van der Waals surface area (Å²) >= 11 is 0. The van der Waals surface area contributed by atoms with E-state index in [4.69, 9.17) is 9.47 Å². The normalized spacial score (nSPS) is 10.7. The summed E-state index contributed by atoms with van der Waals surface area (Å²) in [6.45, 7) is -0.175. The Kier molecular flexibility index (Phi) is 7.59. The average molecular weight is 367 g/mol. The van der Waals surface area contributed by atoms with Crippen molar-refractivity contribution in [2.24, 2.45) is 5.10 Å². The van der Waals surface area contributed by atoms with Crippen LogP contribution in [0.2, 0.25) is 0 Å². The fourth-order valence-electron chi connectivity index (χ4n) is 2.02. The zero-order valence-electron chi connectivity index (χ0n) is 15.1. The van der Waals surface area contributed by atoms with E-state index in [-0.39, 0.29) is 12.5 Å². The molecule has 0 fully saturated rings. The van der Waals surface area contributed by atoms with E-state index < -0.39 is 5.91 Å². The highest BCUT2D eigenvalue weighted by atomic mass is 16.5. The number of hydrogen-bond donors (Lipinski definition) is 2. The number of ether oxygens (including phenoxy) is 2. The molecule has 2 aromatic rings. The minimum Gasteiger partial charge on any atom is -0.497 e. The number of nitrogens with one attached hydrogen (secondary N) is 2. The van der Waals surface area contributed by atoms with Crippen molar-refractivity contribution in [3.63, 3.8) is 0 Å². The number of rotatable bonds is 8. The molecule has 0 bridgehead atoms. The third kappa shape index (κ3) is 7.03. The third-order valence-electron chi connectivity index (χ3n) is 3.48. The first-order valence-corrected chi connectivity index (χ1v) is 8.16. The predicted molar refractivity (Wildman–Crippen MR) is 104 cm³/mol. The van der Waals surface area contributed by atoms with Crippen LogP contribution in [0.1, 0.15) is 11.1 Å². The lowest BCUT2D eigenvalue weighted by Gasteiger charge is -2.02. The fraction of sp³-hybridized carbons (Fsp3) is 0.150. The Labute approximate surface area is 157 Å². The summed E-state index contributed by atoms with van der Waals surface area (Å²) in [5, 5.41) is 6.32. The van der Waals surface area contributed by atoms with E-state index in [0.29, 0.717) is 0 Å². The molecule has 0 unspecified atom stereocenters. The van der Waals surface area contributed by atoms with Crippen LogP contribution in [-0.4, -0.2) is 38.8 Å². The van der Waals surface area contributed by atoms with Crippen molar-refractivity contribution in [1.29, 1.82) is 0 Å². The van der Waals surface area contributed by atoms with Crippen molar-refractivity contribution in [2.75, 3.05) is 20.8 Å². The second-order valence-electron chi connectivity index (χ2n) is 5.39. The van der Waals surface area contributed by atoms with Crippen LogP contribution in [0.4, 0.5) is 0 Å². The third-order valence-corrected chi connectivity index (χ3v) is 3.48. The van der Waals surface area contributed by atoms with Crippen LogP contribution in [-0.2, 0) is 9.59 Å². The van der Waals surface area contributed by atoms with Gasteiger partial charge in [-0.25, -0.2) is 5.43 Å². The molecular weight excluding hydrogens is 346 g/mol. The summed E-state index contributed by atoms with van der Waals surface area (Å²) in [5.41, 5.74) is 4.00. The smallest absolute Gasteiger partial charge is 0.259 e. The molecule has 0 saturated heterocycles. The minimum atomic E-state index is -0.425. The summed E-state index contributed by atoms with van der Waals surface area (Å²) in [5.74, 6) is 0.677. The summed E-state index contributed by atoms with van der Waals surface area (Å²) in [4.78, 5) is 23.4. The van der Waals surface area contributed by atoms with E-state index in [2.05, 4.69) is 15.8 Å². The Balaban J connectivity index is 1.72. The van der Waals surface area contributed by atoms with E-state index in [1.165, 1.54) is 12.3 Å². The van der Waals surface area contributed by atoms with Crippen molar-refractivity contribution in [3.05, 3.63) is 65.7 Å². The van der Waals surface area contributed by atoms with Gasteiger partial charge in [-0.3, -0.25) is 9.59 Å². The van der Waals surface area contributed by atoms with Crippen LogP contribution in [0, 0.1) is 0 Å². The van der Waals surface area contributed by atoms with Crippen LogP contribution in [0.15, 0.2) is 59.7 Å². The molecule has 0 aromatic heterocycles. The maximum atomic E-state index is 11.7. The van der Waals surface area contributed by atoms with Crippen molar-refractivity contribution in [2.45, 2.75) is 0 Å². The van der Waals surface area contributed by atoms with Crippen molar-refractivity contribution >= 4 is 24.1 Å². The van der Waals surface area contributed by atoms with Gasteiger partial charge in [-0.15, -0.1) is 0 Å². The van der Waals surface area contributed by atoms with E-state index in [0.717, 1.165) is 22.6 Å². The highest BCUT2D eigenvalue weighted by Crippen LogP contribution is 2.12. The zero-order chi connectivity index (χ0) is 19.5. The maximum Gasteiger partial charge on any atom is 0.259 e. The van der Waals surface area contributed by atoms with Crippen LogP contribution >= 0.6 is 0 Å². The number of amides is 2. The average Bonchev–Trinajstić information content (AvgIpc) is 2.71. The first-order valence-electron chi connectivity index (χ1n) is 8.16. The topological polar surface area (TPSA) is 89.0 Å². The summed E-state index contributed by atoms with van der Waals surface area (Å²) < 4.78 is 10.1. The molecule has 140 valence electrons. The number of carbonyl (C=O) groups is 2. The Morgan fingerprint density at radius 1 is 0.926 bits per heavy atom. The van der Waals surface area contributed by atoms with E-state index in [1.54, 1.807) is 56.7 Å². The van der Waals surface area contributed by atoms with Gasteiger partial charge in [0.15, 0.2) is 0 Å².